The van der Waals surface area contributed by atoms with Gasteiger partial charge in [-0.05, 0) is 18.6 Å². The van der Waals surface area contributed by atoms with Gasteiger partial charge in [0, 0.05) is 0 Å². The van der Waals surface area contributed by atoms with Crippen LogP contribution < -0.4 is 4.74 Å². The third-order valence-electron chi connectivity index (χ3n) is 2.02. The van der Waals surface area contributed by atoms with Crippen LogP contribution >= 0.6 is 0 Å². The lowest BCUT2D eigenvalue weighted by Crippen LogP contribution is -2.10. The van der Waals surface area contributed by atoms with E-state index in [1.165, 1.54) is 20.1 Å². The first kappa shape index (κ1) is 12.4. The van der Waals surface area contributed by atoms with Gasteiger partial charge in [0.25, 0.3) is 6.43 Å². The molecule has 0 unspecified atom stereocenters. The van der Waals surface area contributed by atoms with Gasteiger partial charge in [0.2, 0.25) is 0 Å². The Labute approximate surface area is 91.2 Å². The smallest absolute Gasteiger partial charge is 0.360 e. The molecule has 16 heavy (non-hydrogen) atoms. The molecule has 0 atom stereocenters. The van der Waals surface area contributed by atoms with Crippen LogP contribution in [0.25, 0.3) is 0 Å². The lowest BCUT2D eigenvalue weighted by atomic mass is 10.2. The van der Waals surface area contributed by atoms with Crippen molar-refractivity contribution in [2.45, 2.75) is 13.3 Å². The van der Waals surface area contributed by atoms with Gasteiger partial charge < -0.3 is 9.47 Å². The molecular formula is C10H11F2NO3. The Morgan fingerprint density at radius 3 is 2.50 bits per heavy atom. The zero-order valence-electron chi connectivity index (χ0n) is 9.08. The molecular weight excluding hydrogens is 220 g/mol. The van der Waals surface area contributed by atoms with Crippen molar-refractivity contribution in [3.8, 4) is 5.75 Å². The summed E-state index contributed by atoms with van der Waals surface area (Å²) >= 11 is 0. The second kappa shape index (κ2) is 4.87. The molecule has 1 heterocycles. The fraction of sp³-hybridized carbons (Fsp3) is 0.400. The Bertz CT molecular complexity index is 407. The highest BCUT2D eigenvalue weighted by atomic mass is 19.3. The highest BCUT2D eigenvalue weighted by Gasteiger charge is 2.21. The van der Waals surface area contributed by atoms with E-state index in [9.17, 15) is 13.6 Å². The maximum Gasteiger partial charge on any atom is 0.360 e. The molecule has 0 saturated heterocycles. The molecule has 0 bridgehead atoms. The van der Waals surface area contributed by atoms with Crippen molar-refractivity contribution in [3.63, 3.8) is 0 Å². The molecule has 0 amide bonds. The summed E-state index contributed by atoms with van der Waals surface area (Å²) in [4.78, 5) is 14.8. The van der Waals surface area contributed by atoms with Gasteiger partial charge in [-0.1, -0.05) is 0 Å². The van der Waals surface area contributed by atoms with Gasteiger partial charge in [-0.2, -0.15) is 0 Å². The maximum atomic E-state index is 12.6. The molecule has 0 fully saturated rings. The zero-order chi connectivity index (χ0) is 12.3. The summed E-state index contributed by atoms with van der Waals surface area (Å²) in [7, 11) is 2.47. The number of halogens is 2. The normalized spacial score (nSPS) is 10.4. The standard InChI is InChI=1S/C10H11F2NO3/c1-5-4-6(15-2)8(10(14)16-3)13-7(5)9(11)12/h4,9H,1-3H3. The van der Waals surface area contributed by atoms with Crippen molar-refractivity contribution < 1.29 is 23.0 Å². The number of hydrogen-bond donors (Lipinski definition) is 0. The largest absolute Gasteiger partial charge is 0.494 e. The first-order chi connectivity index (χ1) is 7.51. The van der Waals surface area contributed by atoms with Crippen molar-refractivity contribution in [2.24, 2.45) is 0 Å². The molecule has 1 rings (SSSR count). The molecule has 0 N–H and O–H groups in total. The van der Waals surface area contributed by atoms with E-state index in [0.29, 0.717) is 0 Å². The first-order valence-electron chi connectivity index (χ1n) is 4.43. The van der Waals surface area contributed by atoms with E-state index in [-0.39, 0.29) is 17.0 Å². The van der Waals surface area contributed by atoms with E-state index in [1.54, 1.807) is 0 Å². The van der Waals surface area contributed by atoms with Crippen LogP contribution in [-0.4, -0.2) is 25.2 Å². The number of ether oxygens (including phenoxy) is 2. The third-order valence-corrected chi connectivity index (χ3v) is 2.02. The number of esters is 1. The maximum absolute atomic E-state index is 12.6. The molecule has 0 radical (unpaired) electrons. The zero-order valence-corrected chi connectivity index (χ0v) is 9.08. The molecule has 0 spiro atoms. The third kappa shape index (κ3) is 2.26. The fourth-order valence-corrected chi connectivity index (χ4v) is 1.22. The number of carbonyl (C=O) groups is 1. The van der Waals surface area contributed by atoms with Crippen LogP contribution in [0, 0.1) is 6.92 Å². The predicted molar refractivity (Wildman–Crippen MR) is 51.8 cm³/mol. The summed E-state index contributed by atoms with van der Waals surface area (Å²) in [6.07, 6.45) is -2.74. The number of alkyl halides is 2. The quantitative estimate of drug-likeness (QED) is 0.747. The number of aryl methyl sites for hydroxylation is 1. The van der Waals surface area contributed by atoms with Crippen molar-refractivity contribution >= 4 is 5.97 Å². The minimum atomic E-state index is -2.74. The second-order valence-corrected chi connectivity index (χ2v) is 3.03. The Morgan fingerprint density at radius 2 is 2.06 bits per heavy atom. The summed E-state index contributed by atoms with van der Waals surface area (Å²) in [5.74, 6) is -0.687. The van der Waals surface area contributed by atoms with Crippen molar-refractivity contribution in [2.75, 3.05) is 14.2 Å². The summed E-state index contributed by atoms with van der Waals surface area (Å²) in [5.41, 5.74) is -0.424. The van der Waals surface area contributed by atoms with E-state index < -0.39 is 18.1 Å². The molecule has 1 aromatic heterocycles. The summed E-state index contributed by atoms with van der Waals surface area (Å²) in [5, 5.41) is 0. The number of nitrogens with zero attached hydrogens (tertiary/aromatic N) is 1. The number of hydrogen-bond acceptors (Lipinski definition) is 4. The molecule has 4 nitrogen and oxygen atoms in total. The predicted octanol–water partition coefficient (Wildman–Crippen LogP) is 2.12. The van der Waals surface area contributed by atoms with E-state index in [0.717, 1.165) is 7.11 Å². The van der Waals surface area contributed by atoms with Crippen molar-refractivity contribution in [3.05, 3.63) is 23.0 Å². The average molecular weight is 231 g/mol. The highest BCUT2D eigenvalue weighted by molar-refractivity contribution is 5.90. The minimum absolute atomic E-state index is 0.119. The lowest BCUT2D eigenvalue weighted by molar-refractivity contribution is 0.0588. The average Bonchev–Trinajstić information content (AvgIpc) is 2.27. The molecule has 0 aliphatic rings. The van der Waals surface area contributed by atoms with Gasteiger partial charge >= 0.3 is 5.97 Å². The number of carbonyl (C=O) groups excluding carboxylic acids is 1. The van der Waals surface area contributed by atoms with Crippen molar-refractivity contribution in [1.29, 1.82) is 0 Å². The molecule has 6 heteroatoms. The van der Waals surface area contributed by atoms with Crippen LogP contribution in [0.15, 0.2) is 6.07 Å². The van der Waals surface area contributed by atoms with Crippen LogP contribution in [0.2, 0.25) is 0 Å². The van der Waals surface area contributed by atoms with E-state index in [2.05, 4.69) is 9.72 Å². The van der Waals surface area contributed by atoms with E-state index >= 15 is 0 Å². The highest BCUT2D eigenvalue weighted by Crippen LogP contribution is 2.26. The van der Waals surface area contributed by atoms with Crippen molar-refractivity contribution in [1.82, 2.24) is 4.98 Å². The molecule has 0 aliphatic heterocycles. The van der Waals surface area contributed by atoms with Crippen LogP contribution in [0.4, 0.5) is 8.78 Å². The topological polar surface area (TPSA) is 48.4 Å². The Balaban J connectivity index is 3.34. The fourth-order valence-electron chi connectivity index (χ4n) is 1.22. The van der Waals surface area contributed by atoms with E-state index in [1.807, 2.05) is 0 Å². The van der Waals surface area contributed by atoms with Gasteiger partial charge in [0.05, 0.1) is 14.2 Å². The monoisotopic (exact) mass is 231 g/mol. The summed E-state index contributed by atoms with van der Waals surface area (Å²) < 4.78 is 34.4. The summed E-state index contributed by atoms with van der Waals surface area (Å²) in [6.45, 7) is 1.47. The van der Waals surface area contributed by atoms with Gasteiger partial charge in [-0.15, -0.1) is 0 Å². The molecule has 0 aliphatic carbocycles. The first-order valence-corrected chi connectivity index (χ1v) is 4.43. The molecule has 0 aromatic carbocycles. The summed E-state index contributed by atoms with van der Waals surface area (Å²) in [6, 6.07) is 1.33. The number of rotatable bonds is 3. The SMILES string of the molecule is COC(=O)c1nc(C(F)F)c(C)cc1OC. The van der Waals surface area contributed by atoms with Gasteiger partial charge in [0.1, 0.15) is 5.69 Å². The number of methoxy groups -OCH3 is 2. The van der Waals surface area contributed by atoms with Gasteiger partial charge in [-0.25, -0.2) is 18.6 Å². The van der Waals surface area contributed by atoms with Crippen LogP contribution in [0.3, 0.4) is 0 Å². The Morgan fingerprint density at radius 1 is 1.44 bits per heavy atom. The second-order valence-electron chi connectivity index (χ2n) is 3.03. The van der Waals surface area contributed by atoms with Crippen LogP contribution in [-0.2, 0) is 4.74 Å². The minimum Gasteiger partial charge on any atom is -0.494 e. The van der Waals surface area contributed by atoms with Gasteiger partial charge in [-0.3, -0.25) is 0 Å². The Kier molecular flexibility index (Phi) is 3.76. The Hall–Kier alpha value is -1.72. The van der Waals surface area contributed by atoms with E-state index in [4.69, 9.17) is 4.74 Å². The molecule has 0 saturated carbocycles. The lowest BCUT2D eigenvalue weighted by Gasteiger charge is -2.10. The van der Waals surface area contributed by atoms with Crippen LogP contribution in [0.1, 0.15) is 28.2 Å². The number of aromatic nitrogens is 1. The molecule has 1 aromatic rings. The number of pyridine rings is 1. The van der Waals surface area contributed by atoms with Crippen LogP contribution in [0.5, 0.6) is 5.75 Å². The van der Waals surface area contributed by atoms with Gasteiger partial charge in [0.15, 0.2) is 11.4 Å². The molecule has 88 valence electrons.